The molecule has 0 saturated heterocycles. The molecule has 0 aliphatic heterocycles. The van der Waals surface area contributed by atoms with Gasteiger partial charge in [0, 0.05) is 23.5 Å². The van der Waals surface area contributed by atoms with Crippen LogP contribution in [0.3, 0.4) is 0 Å². The minimum atomic E-state index is -0.876. The molecule has 0 amide bonds. The van der Waals surface area contributed by atoms with Gasteiger partial charge in [-0.05, 0) is 70.0 Å². The molecule has 41 heavy (non-hydrogen) atoms. The SMILES string of the molecule is CCC(C)OC(=O)c1cc(OC(=O)c2cccc(N)c2)c(C(=O)OC(C)(C)CC)cc1OC(=O)c1cccc(N)c1. The molecular formula is C31H34N2O8. The van der Waals surface area contributed by atoms with E-state index in [2.05, 4.69) is 0 Å². The van der Waals surface area contributed by atoms with Gasteiger partial charge >= 0.3 is 23.9 Å². The van der Waals surface area contributed by atoms with Gasteiger partial charge in [0.05, 0.1) is 17.2 Å². The van der Waals surface area contributed by atoms with Gasteiger partial charge in [-0.3, -0.25) is 0 Å². The predicted molar refractivity (Wildman–Crippen MR) is 153 cm³/mol. The van der Waals surface area contributed by atoms with E-state index in [4.69, 9.17) is 30.4 Å². The summed E-state index contributed by atoms with van der Waals surface area (Å²) in [5.74, 6) is -4.00. The average molecular weight is 563 g/mol. The Kier molecular flexibility index (Phi) is 9.72. The highest BCUT2D eigenvalue weighted by Crippen LogP contribution is 2.33. The third-order valence-corrected chi connectivity index (χ3v) is 6.28. The fourth-order valence-electron chi connectivity index (χ4n) is 3.40. The lowest BCUT2D eigenvalue weighted by molar-refractivity contribution is -0.00285. The van der Waals surface area contributed by atoms with E-state index in [9.17, 15) is 19.2 Å². The number of carbonyl (C=O) groups excluding carboxylic acids is 4. The summed E-state index contributed by atoms with van der Waals surface area (Å²) in [5, 5.41) is 0. The van der Waals surface area contributed by atoms with E-state index in [0.717, 1.165) is 12.1 Å². The summed E-state index contributed by atoms with van der Waals surface area (Å²) in [4.78, 5) is 52.6. The molecule has 4 N–H and O–H groups in total. The zero-order valence-electron chi connectivity index (χ0n) is 23.7. The van der Waals surface area contributed by atoms with E-state index in [1.165, 1.54) is 24.3 Å². The fourth-order valence-corrected chi connectivity index (χ4v) is 3.40. The van der Waals surface area contributed by atoms with Crippen LogP contribution in [0.5, 0.6) is 11.5 Å². The van der Waals surface area contributed by atoms with Crippen LogP contribution in [0.25, 0.3) is 0 Å². The minimum Gasteiger partial charge on any atom is -0.459 e. The maximum Gasteiger partial charge on any atom is 0.343 e. The van der Waals surface area contributed by atoms with Crippen LogP contribution in [-0.2, 0) is 9.47 Å². The highest BCUT2D eigenvalue weighted by atomic mass is 16.6. The van der Waals surface area contributed by atoms with Crippen LogP contribution < -0.4 is 20.9 Å². The van der Waals surface area contributed by atoms with Crippen molar-refractivity contribution >= 4 is 35.3 Å². The Bertz CT molecular complexity index is 1460. The summed E-state index contributed by atoms with van der Waals surface area (Å²) in [5.41, 5.74) is 11.1. The number of nitrogens with two attached hydrogens (primary N) is 2. The molecule has 0 spiro atoms. The van der Waals surface area contributed by atoms with Crippen molar-refractivity contribution in [3.05, 3.63) is 82.9 Å². The maximum absolute atomic E-state index is 13.4. The molecule has 0 bridgehead atoms. The lowest BCUT2D eigenvalue weighted by Crippen LogP contribution is -2.28. The second kappa shape index (κ2) is 13.0. The molecule has 3 aromatic rings. The number of ether oxygens (including phenoxy) is 4. The van der Waals surface area contributed by atoms with Crippen molar-refractivity contribution in [1.82, 2.24) is 0 Å². The quantitative estimate of drug-likeness (QED) is 0.181. The number of anilines is 2. The second-order valence-corrected chi connectivity index (χ2v) is 10.0. The van der Waals surface area contributed by atoms with Crippen LogP contribution in [0, 0.1) is 0 Å². The third-order valence-electron chi connectivity index (χ3n) is 6.28. The molecule has 0 aromatic heterocycles. The van der Waals surface area contributed by atoms with Gasteiger partial charge in [-0.2, -0.15) is 0 Å². The number of esters is 4. The van der Waals surface area contributed by atoms with Crippen LogP contribution in [0.15, 0.2) is 60.7 Å². The molecular weight excluding hydrogens is 528 g/mol. The van der Waals surface area contributed by atoms with Crippen LogP contribution in [0.4, 0.5) is 11.4 Å². The first-order chi connectivity index (χ1) is 19.3. The van der Waals surface area contributed by atoms with Crippen LogP contribution in [0.1, 0.15) is 88.9 Å². The summed E-state index contributed by atoms with van der Waals surface area (Å²) in [6.45, 7) is 8.77. The van der Waals surface area contributed by atoms with Gasteiger partial charge in [0.15, 0.2) is 0 Å². The van der Waals surface area contributed by atoms with E-state index in [-0.39, 0.29) is 33.8 Å². The Morgan fingerprint density at radius 1 is 0.732 bits per heavy atom. The maximum atomic E-state index is 13.4. The average Bonchev–Trinajstić information content (AvgIpc) is 2.93. The molecule has 10 heteroatoms. The first-order valence-corrected chi connectivity index (χ1v) is 13.1. The van der Waals surface area contributed by atoms with Gasteiger partial charge in [-0.25, -0.2) is 19.2 Å². The van der Waals surface area contributed by atoms with Crippen molar-refractivity contribution in [3.8, 4) is 11.5 Å². The Hall–Kier alpha value is -4.86. The van der Waals surface area contributed by atoms with Crippen molar-refractivity contribution in [2.75, 3.05) is 11.5 Å². The van der Waals surface area contributed by atoms with Gasteiger partial charge in [0.1, 0.15) is 28.2 Å². The largest absolute Gasteiger partial charge is 0.459 e. The zero-order chi connectivity index (χ0) is 30.3. The van der Waals surface area contributed by atoms with Crippen LogP contribution in [0.2, 0.25) is 0 Å². The lowest BCUT2D eigenvalue weighted by Gasteiger charge is -2.24. The molecule has 1 unspecified atom stereocenters. The molecule has 10 nitrogen and oxygen atoms in total. The molecule has 1 atom stereocenters. The first-order valence-electron chi connectivity index (χ1n) is 13.1. The fraction of sp³-hybridized carbons (Fsp3) is 0.290. The van der Waals surface area contributed by atoms with Gasteiger partial charge in [0.25, 0.3) is 0 Å². The molecule has 216 valence electrons. The number of benzene rings is 3. The highest BCUT2D eigenvalue weighted by molar-refractivity contribution is 6.02. The molecule has 0 aliphatic rings. The Morgan fingerprint density at radius 2 is 1.20 bits per heavy atom. The van der Waals surface area contributed by atoms with E-state index < -0.39 is 35.6 Å². The molecule has 0 radical (unpaired) electrons. The van der Waals surface area contributed by atoms with Crippen LogP contribution >= 0.6 is 0 Å². The Balaban J connectivity index is 2.16. The molecule has 3 rings (SSSR count). The molecule has 0 aliphatic carbocycles. The van der Waals surface area contributed by atoms with Gasteiger partial charge in [0.2, 0.25) is 0 Å². The normalized spacial score (nSPS) is 11.7. The molecule has 0 fully saturated rings. The zero-order valence-corrected chi connectivity index (χ0v) is 23.7. The molecule has 3 aromatic carbocycles. The third kappa shape index (κ3) is 8.07. The van der Waals surface area contributed by atoms with E-state index in [1.807, 2.05) is 13.8 Å². The van der Waals surface area contributed by atoms with E-state index >= 15 is 0 Å². The van der Waals surface area contributed by atoms with Crippen molar-refractivity contribution in [1.29, 1.82) is 0 Å². The summed E-state index contributed by atoms with van der Waals surface area (Å²) in [7, 11) is 0. The topological polar surface area (TPSA) is 157 Å². The Morgan fingerprint density at radius 3 is 1.61 bits per heavy atom. The number of hydrogen-bond acceptors (Lipinski definition) is 10. The van der Waals surface area contributed by atoms with Gasteiger partial charge in [-0.15, -0.1) is 0 Å². The van der Waals surface area contributed by atoms with Crippen LogP contribution in [-0.4, -0.2) is 35.6 Å². The first kappa shape index (κ1) is 30.7. The summed E-state index contributed by atoms with van der Waals surface area (Å²) < 4.78 is 22.3. The van der Waals surface area contributed by atoms with Crippen molar-refractivity contribution in [2.45, 2.75) is 59.2 Å². The summed E-state index contributed by atoms with van der Waals surface area (Å²) in [6, 6.07) is 14.3. The second-order valence-electron chi connectivity index (χ2n) is 10.0. The van der Waals surface area contributed by atoms with Crippen molar-refractivity contribution in [3.63, 3.8) is 0 Å². The Labute approximate surface area is 238 Å². The molecule has 0 heterocycles. The summed E-state index contributed by atoms with van der Waals surface area (Å²) in [6.07, 6.45) is 0.513. The lowest BCUT2D eigenvalue weighted by atomic mass is 10.1. The monoisotopic (exact) mass is 562 g/mol. The smallest absolute Gasteiger partial charge is 0.343 e. The highest BCUT2D eigenvalue weighted by Gasteiger charge is 2.30. The molecule has 0 saturated carbocycles. The van der Waals surface area contributed by atoms with Crippen molar-refractivity contribution < 1.29 is 38.1 Å². The number of rotatable bonds is 10. The van der Waals surface area contributed by atoms with E-state index in [0.29, 0.717) is 24.2 Å². The predicted octanol–water partition coefficient (Wildman–Crippen LogP) is 5.59. The standard InChI is InChI=1S/C31H34N2O8/c1-6-18(3)38-29(36)23-16-26(40-28(35)20-11-9-13-22(33)15-20)24(30(37)41-31(4,5)7-2)17-25(23)39-27(34)19-10-8-12-21(32)14-19/h8-18H,6-7,32-33H2,1-5H3. The van der Waals surface area contributed by atoms with Crippen molar-refractivity contribution in [2.24, 2.45) is 0 Å². The number of hydrogen-bond donors (Lipinski definition) is 2. The number of nitrogen functional groups attached to an aromatic ring is 2. The van der Waals surface area contributed by atoms with Gasteiger partial charge < -0.3 is 30.4 Å². The number of carbonyl (C=O) groups is 4. The summed E-state index contributed by atoms with van der Waals surface area (Å²) >= 11 is 0. The minimum absolute atomic E-state index is 0.110. The van der Waals surface area contributed by atoms with Gasteiger partial charge in [-0.1, -0.05) is 26.0 Å². The van der Waals surface area contributed by atoms with E-state index in [1.54, 1.807) is 45.0 Å².